The predicted molar refractivity (Wildman–Crippen MR) is 106 cm³/mol. The summed E-state index contributed by atoms with van der Waals surface area (Å²) in [6, 6.07) is 8.14. The van der Waals surface area contributed by atoms with Crippen LogP contribution in [0, 0.1) is 6.92 Å². The van der Waals surface area contributed by atoms with Crippen molar-refractivity contribution < 1.29 is 19.1 Å². The minimum Gasteiger partial charge on any atom is -0.484 e. The number of ether oxygens (including phenoxy) is 2. The van der Waals surface area contributed by atoms with E-state index in [0.29, 0.717) is 45.0 Å². The third-order valence-electron chi connectivity index (χ3n) is 5.68. The van der Waals surface area contributed by atoms with Crippen LogP contribution in [0.15, 0.2) is 24.3 Å². The first kappa shape index (κ1) is 20.6. The highest BCUT2D eigenvalue weighted by atomic mass is 16.5. The molecule has 1 aromatic carbocycles. The van der Waals surface area contributed by atoms with Crippen LogP contribution < -0.4 is 10.1 Å². The molecule has 0 unspecified atom stereocenters. The first-order valence-corrected chi connectivity index (χ1v) is 10.1. The van der Waals surface area contributed by atoms with E-state index >= 15 is 0 Å². The van der Waals surface area contributed by atoms with Crippen molar-refractivity contribution in [2.24, 2.45) is 0 Å². The van der Waals surface area contributed by atoms with Gasteiger partial charge in [0, 0.05) is 38.1 Å². The van der Waals surface area contributed by atoms with Gasteiger partial charge in [0.15, 0.2) is 6.61 Å². The fourth-order valence-corrected chi connectivity index (χ4v) is 3.79. The van der Waals surface area contributed by atoms with Crippen molar-refractivity contribution in [1.29, 1.82) is 0 Å². The lowest BCUT2D eigenvalue weighted by atomic mass is 10.1. The number of hydrogen-bond donors (Lipinski definition) is 1. The molecule has 0 radical (unpaired) electrons. The molecule has 154 valence electrons. The van der Waals surface area contributed by atoms with Crippen molar-refractivity contribution in [2.45, 2.75) is 38.3 Å². The van der Waals surface area contributed by atoms with Gasteiger partial charge >= 0.3 is 0 Å². The van der Waals surface area contributed by atoms with Gasteiger partial charge in [-0.05, 0) is 38.9 Å². The number of nitrogens with one attached hydrogen (secondary N) is 1. The van der Waals surface area contributed by atoms with Crippen LogP contribution in [0.2, 0.25) is 0 Å². The van der Waals surface area contributed by atoms with E-state index in [1.807, 2.05) is 43.1 Å². The minimum atomic E-state index is -0.123. The molecule has 2 heterocycles. The largest absolute Gasteiger partial charge is 0.484 e. The maximum Gasteiger partial charge on any atom is 0.257 e. The van der Waals surface area contributed by atoms with E-state index in [4.69, 9.17) is 9.47 Å². The summed E-state index contributed by atoms with van der Waals surface area (Å²) in [6.07, 6.45) is 2.50. The van der Waals surface area contributed by atoms with Gasteiger partial charge in [-0.1, -0.05) is 17.7 Å². The van der Waals surface area contributed by atoms with Crippen molar-refractivity contribution in [2.75, 3.05) is 46.5 Å². The Balaban J connectivity index is 1.37. The second-order valence-electron chi connectivity index (χ2n) is 7.65. The number of likely N-dealkylation sites (tertiary alicyclic amines) is 1. The molecule has 2 aliphatic heterocycles. The predicted octanol–water partition coefficient (Wildman–Crippen LogP) is 1.20. The Kier molecular flexibility index (Phi) is 7.28. The zero-order valence-electron chi connectivity index (χ0n) is 16.9. The fraction of sp³-hybridized carbons (Fsp3) is 0.619. The van der Waals surface area contributed by atoms with Gasteiger partial charge in [-0.25, -0.2) is 0 Å². The van der Waals surface area contributed by atoms with E-state index in [1.165, 1.54) is 0 Å². The Morgan fingerprint density at radius 3 is 2.54 bits per heavy atom. The van der Waals surface area contributed by atoms with Crippen LogP contribution in [0.3, 0.4) is 0 Å². The summed E-state index contributed by atoms with van der Waals surface area (Å²) >= 11 is 0. The van der Waals surface area contributed by atoms with E-state index in [2.05, 4.69) is 10.2 Å². The molecular formula is C21H31N3O4. The van der Waals surface area contributed by atoms with Gasteiger partial charge in [0.2, 0.25) is 5.91 Å². The molecule has 0 spiro atoms. The van der Waals surface area contributed by atoms with Crippen molar-refractivity contribution in [1.82, 2.24) is 15.1 Å². The molecule has 2 aliphatic rings. The van der Waals surface area contributed by atoms with Gasteiger partial charge in [-0.2, -0.15) is 0 Å². The molecule has 2 saturated heterocycles. The molecule has 0 aliphatic carbocycles. The smallest absolute Gasteiger partial charge is 0.257 e. The third kappa shape index (κ3) is 5.69. The summed E-state index contributed by atoms with van der Waals surface area (Å²) in [5.41, 5.74) is 1.16. The molecule has 2 fully saturated rings. The molecule has 2 atom stereocenters. The van der Waals surface area contributed by atoms with Gasteiger partial charge in [-0.3, -0.25) is 14.5 Å². The fourth-order valence-electron chi connectivity index (χ4n) is 3.79. The molecule has 1 N–H and O–H groups in total. The van der Waals surface area contributed by atoms with Crippen LogP contribution in [0.1, 0.15) is 24.8 Å². The van der Waals surface area contributed by atoms with Crippen LogP contribution in [-0.4, -0.2) is 80.2 Å². The summed E-state index contributed by atoms with van der Waals surface area (Å²) in [5, 5.41) is 2.96. The van der Waals surface area contributed by atoms with E-state index in [9.17, 15) is 9.59 Å². The standard InChI is InChI=1S/C21H31N3O4/c1-16-3-7-19(8-4-16)28-15-20(25)22-14-18-6-5-17(23(18)2)13-21(26)24-9-11-27-12-10-24/h3-4,7-8,17-18H,5-6,9-15H2,1-2H3,(H,22,25)/t17-,18+/m1/s1. The Morgan fingerprint density at radius 2 is 1.82 bits per heavy atom. The number of nitrogens with zero attached hydrogens (tertiary/aromatic N) is 2. The first-order chi connectivity index (χ1) is 13.5. The average molecular weight is 389 g/mol. The number of benzene rings is 1. The lowest BCUT2D eigenvalue weighted by Gasteiger charge is -2.30. The molecule has 7 nitrogen and oxygen atoms in total. The Labute approximate surface area is 167 Å². The van der Waals surface area contributed by atoms with Crippen LogP contribution >= 0.6 is 0 Å². The summed E-state index contributed by atoms with van der Waals surface area (Å²) in [4.78, 5) is 28.7. The highest BCUT2D eigenvalue weighted by Gasteiger charge is 2.33. The van der Waals surface area contributed by atoms with Crippen LogP contribution in [0.25, 0.3) is 0 Å². The molecule has 2 amide bonds. The van der Waals surface area contributed by atoms with Gasteiger partial charge < -0.3 is 19.7 Å². The first-order valence-electron chi connectivity index (χ1n) is 10.1. The summed E-state index contributed by atoms with van der Waals surface area (Å²) in [5.74, 6) is 0.776. The monoisotopic (exact) mass is 389 g/mol. The van der Waals surface area contributed by atoms with Crippen LogP contribution in [0.5, 0.6) is 5.75 Å². The maximum absolute atomic E-state index is 12.5. The van der Waals surface area contributed by atoms with Crippen LogP contribution in [0.4, 0.5) is 0 Å². The Hall–Kier alpha value is -2.12. The molecule has 7 heteroatoms. The van der Waals surface area contributed by atoms with Gasteiger partial charge in [0.1, 0.15) is 5.75 Å². The zero-order chi connectivity index (χ0) is 19.9. The average Bonchev–Trinajstić information content (AvgIpc) is 3.06. The number of carbonyl (C=O) groups is 2. The van der Waals surface area contributed by atoms with Gasteiger partial charge in [0.05, 0.1) is 13.2 Å². The second kappa shape index (κ2) is 9.89. The summed E-state index contributed by atoms with van der Waals surface area (Å²) < 4.78 is 10.8. The molecule has 28 heavy (non-hydrogen) atoms. The van der Waals surface area contributed by atoms with Crippen LogP contribution in [-0.2, 0) is 14.3 Å². The van der Waals surface area contributed by atoms with E-state index in [-0.39, 0.29) is 30.5 Å². The highest BCUT2D eigenvalue weighted by molar-refractivity contribution is 5.78. The SMILES string of the molecule is Cc1ccc(OCC(=O)NC[C@@H]2CC[C@H](CC(=O)N3CCOCC3)N2C)cc1. The topological polar surface area (TPSA) is 71.1 Å². The van der Waals surface area contributed by atoms with E-state index < -0.39 is 0 Å². The van der Waals surface area contributed by atoms with Crippen molar-refractivity contribution >= 4 is 11.8 Å². The summed E-state index contributed by atoms with van der Waals surface area (Å²) in [7, 11) is 2.05. The van der Waals surface area contributed by atoms with Crippen molar-refractivity contribution in [3.05, 3.63) is 29.8 Å². The van der Waals surface area contributed by atoms with E-state index in [1.54, 1.807) is 0 Å². The number of amides is 2. The Bertz CT molecular complexity index is 658. The third-order valence-corrected chi connectivity index (χ3v) is 5.68. The van der Waals surface area contributed by atoms with Crippen molar-refractivity contribution in [3.8, 4) is 5.75 Å². The molecule has 0 saturated carbocycles. The molecule has 3 rings (SSSR count). The number of morpholine rings is 1. The molecule has 0 bridgehead atoms. The highest BCUT2D eigenvalue weighted by Crippen LogP contribution is 2.25. The number of carbonyl (C=O) groups excluding carboxylic acids is 2. The molecular weight excluding hydrogens is 358 g/mol. The Morgan fingerprint density at radius 1 is 1.14 bits per heavy atom. The number of rotatable bonds is 7. The van der Waals surface area contributed by atoms with Crippen molar-refractivity contribution in [3.63, 3.8) is 0 Å². The second-order valence-corrected chi connectivity index (χ2v) is 7.65. The lowest BCUT2D eigenvalue weighted by molar-refractivity contribution is -0.136. The quantitative estimate of drug-likeness (QED) is 0.759. The minimum absolute atomic E-state index is 0.0123. The number of hydrogen-bond acceptors (Lipinski definition) is 5. The number of aryl methyl sites for hydroxylation is 1. The number of likely N-dealkylation sites (N-methyl/N-ethyl adjacent to an activating group) is 1. The van der Waals surface area contributed by atoms with Gasteiger partial charge in [-0.15, -0.1) is 0 Å². The normalized spacial score (nSPS) is 22.9. The molecule has 0 aromatic heterocycles. The van der Waals surface area contributed by atoms with Gasteiger partial charge in [0.25, 0.3) is 5.91 Å². The maximum atomic E-state index is 12.5. The molecule has 1 aromatic rings. The zero-order valence-corrected chi connectivity index (χ0v) is 16.9. The lowest BCUT2D eigenvalue weighted by Crippen LogP contribution is -2.45. The van der Waals surface area contributed by atoms with E-state index in [0.717, 1.165) is 18.4 Å². The summed E-state index contributed by atoms with van der Waals surface area (Å²) in [6.45, 7) is 5.24.